The number of amides is 2. The summed E-state index contributed by atoms with van der Waals surface area (Å²) in [5.74, 6) is -2.07. The van der Waals surface area contributed by atoms with E-state index in [9.17, 15) is 18.8 Å². The van der Waals surface area contributed by atoms with Gasteiger partial charge in [0.1, 0.15) is 6.04 Å². The Hall–Kier alpha value is -3.42. The van der Waals surface area contributed by atoms with Crippen LogP contribution >= 0.6 is 0 Å². The second-order valence-electron chi connectivity index (χ2n) is 8.28. The van der Waals surface area contributed by atoms with Gasteiger partial charge < -0.3 is 14.8 Å². The minimum absolute atomic E-state index is 0.0371. The van der Waals surface area contributed by atoms with Gasteiger partial charge in [0.15, 0.2) is 18.2 Å². The Labute approximate surface area is 185 Å². The topological polar surface area (TPSA) is 84.9 Å². The summed E-state index contributed by atoms with van der Waals surface area (Å²) in [5, 5.41) is 2.66. The van der Waals surface area contributed by atoms with E-state index in [2.05, 4.69) is 5.32 Å². The lowest BCUT2D eigenvalue weighted by molar-refractivity contribution is -0.139. The Kier molecular flexibility index (Phi) is 5.86. The van der Waals surface area contributed by atoms with Crippen molar-refractivity contribution in [2.45, 2.75) is 39.2 Å². The van der Waals surface area contributed by atoms with E-state index in [1.807, 2.05) is 26.8 Å². The van der Waals surface area contributed by atoms with Crippen molar-refractivity contribution in [3.8, 4) is 5.75 Å². The van der Waals surface area contributed by atoms with Crippen LogP contribution in [0.15, 0.2) is 53.5 Å². The molecule has 1 aliphatic carbocycles. The number of hydrogen-bond donors (Lipinski definition) is 1. The summed E-state index contributed by atoms with van der Waals surface area (Å²) in [5.41, 5.74) is 1.58. The van der Waals surface area contributed by atoms with Gasteiger partial charge in [0.2, 0.25) is 5.88 Å². The van der Waals surface area contributed by atoms with Crippen LogP contribution in [0.1, 0.15) is 38.7 Å². The standard InChI is InChI=1S/C24H25FN2O5/c1-4-10-26-19(28)12-31-18-9-8-14(11-17(18)25)15-6-5-7-16-20(15)23-27(22(16)29)21(13(2)3)24(30)32-23/h5-9,11,13,15,21H,4,10,12H2,1-3H3,(H,26,28). The van der Waals surface area contributed by atoms with Crippen LogP contribution in [0.25, 0.3) is 0 Å². The quantitative estimate of drug-likeness (QED) is 0.659. The molecule has 2 unspecified atom stereocenters. The molecule has 1 aromatic rings. The number of carbonyl (C=O) groups excluding carboxylic acids is 3. The molecular weight excluding hydrogens is 415 g/mol. The maximum absolute atomic E-state index is 14.8. The van der Waals surface area contributed by atoms with Gasteiger partial charge in [0, 0.05) is 23.6 Å². The minimum atomic E-state index is -0.677. The molecule has 0 spiro atoms. The van der Waals surface area contributed by atoms with Crippen molar-refractivity contribution in [3.05, 3.63) is 64.8 Å². The summed E-state index contributed by atoms with van der Waals surface area (Å²) in [6.07, 6.45) is 6.06. The summed E-state index contributed by atoms with van der Waals surface area (Å²) >= 11 is 0. The molecule has 2 aliphatic heterocycles. The van der Waals surface area contributed by atoms with E-state index in [0.29, 0.717) is 23.3 Å². The molecule has 2 amide bonds. The highest BCUT2D eigenvalue weighted by atomic mass is 19.1. The first-order valence-corrected chi connectivity index (χ1v) is 10.7. The molecule has 0 saturated carbocycles. The SMILES string of the molecule is CCCNC(=O)COc1ccc(C2C=CC=C3C(=O)N4C(=C32)OC(=O)C4C(C)C)cc1F. The first-order chi connectivity index (χ1) is 15.3. The molecule has 2 heterocycles. The van der Waals surface area contributed by atoms with E-state index in [-0.39, 0.29) is 36.0 Å². The van der Waals surface area contributed by atoms with Gasteiger partial charge in [-0.15, -0.1) is 0 Å². The number of benzene rings is 1. The number of halogens is 1. The van der Waals surface area contributed by atoms with E-state index in [1.54, 1.807) is 18.2 Å². The van der Waals surface area contributed by atoms with Gasteiger partial charge in [-0.3, -0.25) is 14.5 Å². The molecule has 7 nitrogen and oxygen atoms in total. The number of nitrogens with zero attached hydrogens (tertiary/aromatic N) is 1. The maximum Gasteiger partial charge on any atom is 0.336 e. The number of ether oxygens (including phenoxy) is 2. The molecule has 1 saturated heterocycles. The molecule has 1 fully saturated rings. The minimum Gasteiger partial charge on any atom is -0.481 e. The van der Waals surface area contributed by atoms with Crippen LogP contribution in [0.5, 0.6) is 5.75 Å². The molecule has 3 aliphatic rings. The van der Waals surface area contributed by atoms with Gasteiger partial charge in [-0.05, 0) is 36.1 Å². The van der Waals surface area contributed by atoms with Gasteiger partial charge >= 0.3 is 5.97 Å². The van der Waals surface area contributed by atoms with Crippen molar-refractivity contribution in [3.63, 3.8) is 0 Å². The fourth-order valence-corrected chi connectivity index (χ4v) is 4.16. The van der Waals surface area contributed by atoms with Crippen molar-refractivity contribution < 1.29 is 28.2 Å². The highest BCUT2D eigenvalue weighted by Gasteiger charge is 2.52. The zero-order chi connectivity index (χ0) is 23.0. The summed E-state index contributed by atoms with van der Waals surface area (Å²) in [6, 6.07) is 3.77. The number of fused-ring (bicyclic) bond motifs is 2. The van der Waals surface area contributed by atoms with E-state index < -0.39 is 23.7 Å². The van der Waals surface area contributed by atoms with Gasteiger partial charge in [-0.1, -0.05) is 39.0 Å². The van der Waals surface area contributed by atoms with Crippen molar-refractivity contribution in [1.82, 2.24) is 10.2 Å². The molecule has 1 N–H and O–H groups in total. The fourth-order valence-electron chi connectivity index (χ4n) is 4.16. The van der Waals surface area contributed by atoms with Crippen molar-refractivity contribution >= 4 is 17.8 Å². The normalized spacial score (nSPS) is 21.5. The lowest BCUT2D eigenvalue weighted by Crippen LogP contribution is -2.39. The molecular formula is C24H25FN2O5. The third kappa shape index (κ3) is 3.70. The molecule has 0 radical (unpaired) electrons. The lowest BCUT2D eigenvalue weighted by atomic mass is 9.84. The van der Waals surface area contributed by atoms with E-state index in [4.69, 9.17) is 9.47 Å². The second-order valence-corrected chi connectivity index (χ2v) is 8.28. The lowest BCUT2D eigenvalue weighted by Gasteiger charge is -2.20. The van der Waals surface area contributed by atoms with Crippen LogP contribution in [-0.4, -0.2) is 41.9 Å². The van der Waals surface area contributed by atoms with Crippen LogP contribution in [-0.2, 0) is 19.1 Å². The van der Waals surface area contributed by atoms with Gasteiger partial charge in [-0.2, -0.15) is 0 Å². The maximum atomic E-state index is 14.8. The smallest absolute Gasteiger partial charge is 0.336 e. The monoisotopic (exact) mass is 440 g/mol. The summed E-state index contributed by atoms with van der Waals surface area (Å²) in [6.45, 7) is 5.90. The third-order valence-electron chi connectivity index (χ3n) is 5.66. The highest BCUT2D eigenvalue weighted by Crippen LogP contribution is 2.47. The second kappa shape index (κ2) is 8.61. The predicted octanol–water partition coefficient (Wildman–Crippen LogP) is 2.95. The van der Waals surface area contributed by atoms with Gasteiger partial charge in [-0.25, -0.2) is 9.18 Å². The molecule has 0 bridgehead atoms. The first-order valence-electron chi connectivity index (χ1n) is 10.7. The molecule has 8 heteroatoms. The zero-order valence-corrected chi connectivity index (χ0v) is 18.2. The van der Waals surface area contributed by atoms with Crippen LogP contribution in [0.3, 0.4) is 0 Å². The van der Waals surface area contributed by atoms with Crippen molar-refractivity contribution in [2.24, 2.45) is 5.92 Å². The van der Waals surface area contributed by atoms with Crippen LogP contribution in [0, 0.1) is 11.7 Å². The highest BCUT2D eigenvalue weighted by molar-refractivity contribution is 6.07. The van der Waals surface area contributed by atoms with E-state index in [1.165, 1.54) is 17.0 Å². The van der Waals surface area contributed by atoms with Crippen molar-refractivity contribution in [2.75, 3.05) is 13.2 Å². The number of nitrogens with one attached hydrogen (secondary N) is 1. The molecule has 2 atom stereocenters. The Balaban J connectivity index is 1.60. The third-order valence-corrected chi connectivity index (χ3v) is 5.66. The van der Waals surface area contributed by atoms with Gasteiger partial charge in [0.05, 0.1) is 0 Å². The average Bonchev–Trinajstić information content (AvgIpc) is 3.24. The largest absolute Gasteiger partial charge is 0.481 e. The number of esters is 1. The number of allylic oxidation sites excluding steroid dienone is 3. The number of carbonyl (C=O) groups is 3. The van der Waals surface area contributed by atoms with Crippen molar-refractivity contribution in [1.29, 1.82) is 0 Å². The van der Waals surface area contributed by atoms with Gasteiger partial charge in [0.25, 0.3) is 11.8 Å². The molecule has 4 rings (SSSR count). The Bertz CT molecular complexity index is 1070. The van der Waals surface area contributed by atoms with E-state index in [0.717, 1.165) is 6.42 Å². The molecule has 32 heavy (non-hydrogen) atoms. The Morgan fingerprint density at radius 2 is 2.09 bits per heavy atom. The Morgan fingerprint density at radius 1 is 1.31 bits per heavy atom. The zero-order valence-electron chi connectivity index (χ0n) is 18.2. The van der Waals surface area contributed by atoms with Crippen LogP contribution in [0.4, 0.5) is 4.39 Å². The molecule has 0 aromatic heterocycles. The van der Waals surface area contributed by atoms with Crippen LogP contribution < -0.4 is 10.1 Å². The van der Waals surface area contributed by atoms with Crippen LogP contribution in [0.2, 0.25) is 0 Å². The predicted molar refractivity (Wildman–Crippen MR) is 114 cm³/mol. The molecule has 1 aromatic carbocycles. The summed E-state index contributed by atoms with van der Waals surface area (Å²) in [4.78, 5) is 38.5. The fraction of sp³-hybridized carbons (Fsp3) is 0.375. The first kappa shape index (κ1) is 21.8. The summed E-state index contributed by atoms with van der Waals surface area (Å²) in [7, 11) is 0. The number of hydrogen-bond acceptors (Lipinski definition) is 5. The Morgan fingerprint density at radius 3 is 2.78 bits per heavy atom. The summed E-state index contributed by atoms with van der Waals surface area (Å²) < 4.78 is 25.6. The van der Waals surface area contributed by atoms with E-state index >= 15 is 0 Å². The average molecular weight is 440 g/mol. The number of rotatable bonds is 7. The molecule has 168 valence electrons.